The molecule has 158 valence electrons. The van der Waals surface area contributed by atoms with Crippen LogP contribution in [0.1, 0.15) is 48.6 Å². The van der Waals surface area contributed by atoms with Crippen molar-refractivity contribution in [2.75, 3.05) is 13.9 Å². The van der Waals surface area contributed by atoms with E-state index in [-0.39, 0.29) is 13.4 Å². The second-order valence-electron chi connectivity index (χ2n) is 7.49. The molecule has 3 rings (SSSR count). The van der Waals surface area contributed by atoms with E-state index in [1.54, 1.807) is 7.11 Å². The molecule has 6 nitrogen and oxygen atoms in total. The molecule has 0 saturated heterocycles. The summed E-state index contributed by atoms with van der Waals surface area (Å²) < 4.78 is 28.6. The van der Waals surface area contributed by atoms with Gasteiger partial charge in [0.1, 0.15) is 11.5 Å². The quantitative estimate of drug-likeness (QED) is 0.638. The van der Waals surface area contributed by atoms with Crippen molar-refractivity contribution in [1.29, 1.82) is 0 Å². The van der Waals surface area contributed by atoms with Crippen molar-refractivity contribution in [3.8, 4) is 11.5 Å². The fourth-order valence-electron chi connectivity index (χ4n) is 3.35. The number of ether oxygens (including phenoxy) is 5. The van der Waals surface area contributed by atoms with Crippen LogP contribution in [-0.4, -0.2) is 24.8 Å². The van der Waals surface area contributed by atoms with Crippen LogP contribution in [-0.2, 0) is 47.1 Å². The molecule has 0 spiro atoms. The molecule has 0 amide bonds. The summed E-state index contributed by atoms with van der Waals surface area (Å²) in [5.41, 5.74) is 4.84. The van der Waals surface area contributed by atoms with E-state index in [0.717, 1.165) is 28.9 Å². The molecule has 0 atom stereocenters. The number of fused-ring (bicyclic) bond motifs is 1. The molecule has 2 aromatic rings. The largest absolute Gasteiger partial charge is 0.467 e. The van der Waals surface area contributed by atoms with Crippen LogP contribution in [0, 0.1) is 0 Å². The smallest absolute Gasteiger partial charge is 0.205 e. The van der Waals surface area contributed by atoms with E-state index < -0.39 is 5.79 Å². The highest BCUT2D eigenvalue weighted by Crippen LogP contribution is 2.36. The number of hydrogen-bond acceptors (Lipinski definition) is 6. The molecule has 1 heterocycles. The van der Waals surface area contributed by atoms with Crippen molar-refractivity contribution in [3.63, 3.8) is 0 Å². The lowest BCUT2D eigenvalue weighted by Crippen LogP contribution is -2.36. The highest BCUT2D eigenvalue weighted by molar-refractivity contribution is 5.46. The van der Waals surface area contributed by atoms with Crippen LogP contribution >= 0.6 is 0 Å². The molecule has 0 saturated carbocycles. The number of benzene rings is 2. The van der Waals surface area contributed by atoms with E-state index in [0.29, 0.717) is 31.1 Å². The first-order valence-electron chi connectivity index (χ1n) is 9.86. The van der Waals surface area contributed by atoms with Crippen molar-refractivity contribution in [1.82, 2.24) is 0 Å². The molecule has 1 aliphatic heterocycles. The van der Waals surface area contributed by atoms with Crippen molar-refractivity contribution < 1.29 is 28.8 Å². The Morgan fingerprint density at radius 3 is 2.59 bits per heavy atom. The summed E-state index contributed by atoms with van der Waals surface area (Å²) in [5.74, 6) is 0.789. The summed E-state index contributed by atoms with van der Waals surface area (Å²) in [6.07, 6.45) is 0.928. The van der Waals surface area contributed by atoms with Crippen LogP contribution in [0.3, 0.4) is 0 Å². The Balaban J connectivity index is 1.77. The van der Waals surface area contributed by atoms with Crippen LogP contribution in [0.15, 0.2) is 30.3 Å². The van der Waals surface area contributed by atoms with Crippen LogP contribution in [0.2, 0.25) is 0 Å². The molecular weight excluding hydrogens is 372 g/mol. The Morgan fingerprint density at radius 2 is 1.86 bits per heavy atom. The summed E-state index contributed by atoms with van der Waals surface area (Å²) in [4.78, 5) is 0. The van der Waals surface area contributed by atoms with Gasteiger partial charge in [0.15, 0.2) is 6.79 Å². The van der Waals surface area contributed by atoms with E-state index in [1.807, 2.05) is 32.0 Å². The minimum Gasteiger partial charge on any atom is -0.467 e. The summed E-state index contributed by atoms with van der Waals surface area (Å²) in [5, 5.41) is 9.59. The first-order chi connectivity index (χ1) is 14.0. The molecule has 29 heavy (non-hydrogen) atoms. The third kappa shape index (κ3) is 5.28. The van der Waals surface area contributed by atoms with Gasteiger partial charge < -0.3 is 28.8 Å². The number of aliphatic hydroxyl groups excluding tert-OH is 1. The zero-order valence-electron chi connectivity index (χ0n) is 17.6. The molecule has 0 fully saturated rings. The maximum Gasteiger partial charge on any atom is 0.205 e. The monoisotopic (exact) mass is 402 g/mol. The van der Waals surface area contributed by atoms with E-state index in [2.05, 4.69) is 19.1 Å². The van der Waals surface area contributed by atoms with E-state index in [4.69, 9.17) is 23.7 Å². The first-order valence-corrected chi connectivity index (χ1v) is 9.86. The zero-order valence-corrected chi connectivity index (χ0v) is 17.6. The normalized spacial score (nSPS) is 14.9. The molecule has 0 aliphatic carbocycles. The molecule has 1 N–H and O–H groups in total. The molecule has 1 aliphatic rings. The van der Waals surface area contributed by atoms with Crippen LogP contribution in [0.5, 0.6) is 11.5 Å². The number of methoxy groups -OCH3 is 1. The molecule has 0 radical (unpaired) electrons. The van der Waals surface area contributed by atoms with E-state index in [9.17, 15) is 5.11 Å². The highest BCUT2D eigenvalue weighted by atomic mass is 16.7. The molecule has 0 bridgehead atoms. The highest BCUT2D eigenvalue weighted by Gasteiger charge is 2.29. The maximum absolute atomic E-state index is 9.59. The number of para-hydroxylation sites is 1. The van der Waals surface area contributed by atoms with Gasteiger partial charge in [-0.25, -0.2) is 0 Å². The lowest BCUT2D eigenvalue weighted by Gasteiger charge is -2.34. The lowest BCUT2D eigenvalue weighted by molar-refractivity contribution is -0.180. The predicted molar refractivity (Wildman–Crippen MR) is 109 cm³/mol. The molecule has 2 aromatic carbocycles. The van der Waals surface area contributed by atoms with Gasteiger partial charge in [0.2, 0.25) is 5.79 Å². The molecule has 6 heteroatoms. The summed E-state index contributed by atoms with van der Waals surface area (Å²) in [6, 6.07) is 9.90. The van der Waals surface area contributed by atoms with Gasteiger partial charge in [0, 0.05) is 43.2 Å². The average Bonchev–Trinajstić information content (AvgIpc) is 2.72. The minimum absolute atomic E-state index is 0.109. The fourth-order valence-corrected chi connectivity index (χ4v) is 3.35. The maximum atomic E-state index is 9.59. The van der Waals surface area contributed by atoms with E-state index >= 15 is 0 Å². The van der Waals surface area contributed by atoms with Gasteiger partial charge in [0.25, 0.3) is 0 Å². The Bertz CT molecular complexity index is 830. The number of hydrogen-bond donors (Lipinski definition) is 1. The van der Waals surface area contributed by atoms with Crippen molar-refractivity contribution in [3.05, 3.63) is 58.1 Å². The van der Waals surface area contributed by atoms with Gasteiger partial charge in [-0.3, -0.25) is 0 Å². The van der Waals surface area contributed by atoms with Crippen molar-refractivity contribution >= 4 is 0 Å². The Morgan fingerprint density at radius 1 is 1.10 bits per heavy atom. The third-order valence-corrected chi connectivity index (χ3v) is 4.82. The fraction of sp³-hybridized carbons (Fsp3) is 0.478. The lowest BCUT2D eigenvalue weighted by atomic mass is 10.0. The Labute approximate surface area is 172 Å². The van der Waals surface area contributed by atoms with Crippen LogP contribution < -0.4 is 9.47 Å². The Hall–Kier alpha value is -2.12. The number of aliphatic hydroxyl groups is 1. The van der Waals surface area contributed by atoms with Crippen LogP contribution in [0.25, 0.3) is 0 Å². The zero-order chi connectivity index (χ0) is 20.9. The number of rotatable bonds is 9. The minimum atomic E-state index is -0.661. The third-order valence-electron chi connectivity index (χ3n) is 4.82. The molecule has 0 unspecified atom stereocenters. The van der Waals surface area contributed by atoms with Gasteiger partial charge in [0.05, 0.1) is 26.4 Å². The number of aryl methyl sites for hydroxylation is 1. The van der Waals surface area contributed by atoms with Crippen molar-refractivity contribution in [2.24, 2.45) is 0 Å². The van der Waals surface area contributed by atoms with Gasteiger partial charge in [-0.15, -0.1) is 0 Å². The van der Waals surface area contributed by atoms with E-state index in [1.165, 1.54) is 5.56 Å². The standard InChI is InChI=1S/C23H30O6/c1-5-16-9-19(22-20(10-16)14-28-23(2,3)29-22)13-26-12-18-8-6-7-17(11-24)21(18)27-15-25-4/h6-10,24H,5,11-15H2,1-4H3. The Kier molecular flexibility index (Phi) is 7.14. The van der Waals surface area contributed by atoms with Gasteiger partial charge in [-0.1, -0.05) is 25.1 Å². The predicted octanol–water partition coefficient (Wildman–Crippen LogP) is 4.09. The molecule has 0 aromatic heterocycles. The first kappa shape index (κ1) is 21.6. The summed E-state index contributed by atoms with van der Waals surface area (Å²) in [7, 11) is 1.56. The second kappa shape index (κ2) is 9.59. The van der Waals surface area contributed by atoms with Crippen LogP contribution in [0.4, 0.5) is 0 Å². The topological polar surface area (TPSA) is 66.4 Å². The van der Waals surface area contributed by atoms with Gasteiger partial charge >= 0.3 is 0 Å². The van der Waals surface area contributed by atoms with Crippen molar-refractivity contribution in [2.45, 2.75) is 59.4 Å². The SMILES string of the molecule is CCc1cc(COCc2cccc(CO)c2OCOC)c2c(c1)COC(C)(C)O2. The summed E-state index contributed by atoms with van der Waals surface area (Å²) >= 11 is 0. The van der Waals surface area contributed by atoms with Gasteiger partial charge in [-0.05, 0) is 24.1 Å². The second-order valence-corrected chi connectivity index (χ2v) is 7.49. The molecular formula is C23H30O6. The average molecular weight is 402 g/mol. The van der Waals surface area contributed by atoms with Gasteiger partial charge in [-0.2, -0.15) is 0 Å². The summed E-state index contributed by atoms with van der Waals surface area (Å²) in [6.45, 7) is 7.22.